The smallest absolute Gasteiger partial charge is 0.327 e. The highest BCUT2D eigenvalue weighted by molar-refractivity contribution is 6.45. The molecule has 3 nitrogen and oxygen atoms in total. The third kappa shape index (κ3) is 1.92. The maximum Gasteiger partial charge on any atom is 0.327 e. The Morgan fingerprint density at radius 1 is 1.08 bits per heavy atom. The SMILES string of the molecule is COc1cc([B]O)cc(OC)c1. The number of hydrogen-bond acceptors (Lipinski definition) is 3. The van der Waals surface area contributed by atoms with Crippen molar-refractivity contribution in [3.8, 4) is 11.5 Å². The Balaban J connectivity index is 3.01. The van der Waals surface area contributed by atoms with E-state index >= 15 is 0 Å². The van der Waals surface area contributed by atoms with Gasteiger partial charge in [0, 0.05) is 6.07 Å². The largest absolute Gasteiger partial charge is 0.497 e. The molecule has 1 rings (SSSR count). The van der Waals surface area contributed by atoms with Crippen molar-refractivity contribution >= 4 is 12.9 Å². The van der Waals surface area contributed by atoms with Gasteiger partial charge < -0.3 is 14.5 Å². The fourth-order valence-corrected chi connectivity index (χ4v) is 0.904. The molecule has 1 N–H and O–H groups in total. The van der Waals surface area contributed by atoms with Gasteiger partial charge in [0.1, 0.15) is 11.5 Å². The fraction of sp³-hybridized carbons (Fsp3) is 0.250. The van der Waals surface area contributed by atoms with Gasteiger partial charge in [0.25, 0.3) is 0 Å². The maximum atomic E-state index is 8.74. The van der Waals surface area contributed by atoms with Crippen molar-refractivity contribution in [3.05, 3.63) is 18.2 Å². The maximum absolute atomic E-state index is 8.74. The van der Waals surface area contributed by atoms with Crippen molar-refractivity contribution in [2.24, 2.45) is 0 Å². The molecule has 0 amide bonds. The van der Waals surface area contributed by atoms with Crippen molar-refractivity contribution in [1.29, 1.82) is 0 Å². The van der Waals surface area contributed by atoms with Gasteiger partial charge in [0.2, 0.25) is 0 Å². The Morgan fingerprint density at radius 2 is 1.58 bits per heavy atom. The quantitative estimate of drug-likeness (QED) is 0.637. The molecule has 1 aromatic carbocycles. The van der Waals surface area contributed by atoms with Crippen LogP contribution in [0.2, 0.25) is 0 Å². The highest BCUT2D eigenvalue weighted by atomic mass is 16.5. The van der Waals surface area contributed by atoms with Crippen LogP contribution in [0, 0.1) is 0 Å². The molecule has 1 aromatic rings. The number of ether oxygens (including phenoxy) is 2. The van der Waals surface area contributed by atoms with Crippen LogP contribution < -0.4 is 14.9 Å². The van der Waals surface area contributed by atoms with E-state index in [-0.39, 0.29) is 0 Å². The van der Waals surface area contributed by atoms with Crippen LogP contribution in [0.1, 0.15) is 0 Å². The summed E-state index contributed by atoms with van der Waals surface area (Å²) in [6.45, 7) is 0. The van der Waals surface area contributed by atoms with E-state index in [9.17, 15) is 0 Å². The Bertz CT molecular complexity index is 207. The van der Waals surface area contributed by atoms with Gasteiger partial charge in [-0.2, -0.15) is 0 Å². The molecule has 0 aliphatic carbocycles. The van der Waals surface area contributed by atoms with Crippen LogP contribution in [0.25, 0.3) is 0 Å². The number of methoxy groups -OCH3 is 2. The monoisotopic (exact) mass is 165 g/mol. The lowest BCUT2D eigenvalue weighted by Gasteiger charge is -2.05. The number of rotatable bonds is 3. The van der Waals surface area contributed by atoms with Crippen molar-refractivity contribution in [3.63, 3.8) is 0 Å². The van der Waals surface area contributed by atoms with Gasteiger partial charge in [-0.15, -0.1) is 0 Å². The molecule has 12 heavy (non-hydrogen) atoms. The number of benzene rings is 1. The van der Waals surface area contributed by atoms with Crippen molar-refractivity contribution < 1.29 is 14.5 Å². The van der Waals surface area contributed by atoms with Gasteiger partial charge in [-0.1, -0.05) is 0 Å². The van der Waals surface area contributed by atoms with Gasteiger partial charge in [0.05, 0.1) is 14.2 Å². The van der Waals surface area contributed by atoms with Crippen LogP contribution in [0.5, 0.6) is 11.5 Å². The van der Waals surface area contributed by atoms with E-state index in [0.717, 1.165) is 7.48 Å². The Labute approximate surface area is 72.2 Å². The molecule has 0 saturated heterocycles. The molecule has 0 aliphatic heterocycles. The first-order valence-electron chi connectivity index (χ1n) is 3.50. The first kappa shape index (κ1) is 8.94. The first-order chi connectivity index (χ1) is 5.80. The number of hydrogen-bond donors (Lipinski definition) is 1. The predicted molar refractivity (Wildman–Crippen MR) is 47.2 cm³/mol. The highest BCUT2D eigenvalue weighted by Gasteiger charge is 2.01. The van der Waals surface area contributed by atoms with E-state index in [1.165, 1.54) is 0 Å². The molecule has 0 spiro atoms. The summed E-state index contributed by atoms with van der Waals surface area (Å²) in [7, 11) is 4.14. The molecular formula is C8H10BO3. The molecule has 0 aliphatic rings. The standard InChI is InChI=1S/C8H10BO3/c1-11-7-3-6(9-10)4-8(5-7)12-2/h3-5,10H,1-2H3. The molecular weight excluding hydrogens is 155 g/mol. The van der Waals surface area contributed by atoms with Crippen LogP contribution in [-0.4, -0.2) is 26.7 Å². The van der Waals surface area contributed by atoms with Crippen LogP contribution in [0.4, 0.5) is 0 Å². The summed E-state index contributed by atoms with van der Waals surface area (Å²) >= 11 is 0. The third-order valence-electron chi connectivity index (χ3n) is 1.52. The minimum Gasteiger partial charge on any atom is -0.497 e. The van der Waals surface area contributed by atoms with Crippen LogP contribution in [-0.2, 0) is 0 Å². The van der Waals surface area contributed by atoms with E-state index in [2.05, 4.69) is 0 Å². The van der Waals surface area contributed by atoms with Gasteiger partial charge in [-0.25, -0.2) is 0 Å². The summed E-state index contributed by atoms with van der Waals surface area (Å²) in [5.41, 5.74) is 0.659. The van der Waals surface area contributed by atoms with Crippen molar-refractivity contribution in [2.75, 3.05) is 14.2 Å². The average Bonchev–Trinajstić information content (AvgIpc) is 2.16. The first-order valence-corrected chi connectivity index (χ1v) is 3.50. The second-order valence-corrected chi connectivity index (χ2v) is 2.28. The van der Waals surface area contributed by atoms with E-state index in [1.54, 1.807) is 32.4 Å². The average molecular weight is 165 g/mol. The highest BCUT2D eigenvalue weighted by Crippen LogP contribution is 2.16. The molecule has 0 unspecified atom stereocenters. The van der Waals surface area contributed by atoms with E-state index in [0.29, 0.717) is 17.0 Å². The molecule has 0 bridgehead atoms. The Morgan fingerprint density at radius 3 is 1.92 bits per heavy atom. The van der Waals surface area contributed by atoms with Crippen LogP contribution in [0.15, 0.2) is 18.2 Å². The molecule has 4 heteroatoms. The summed E-state index contributed by atoms with van der Waals surface area (Å²) in [5.74, 6) is 1.32. The molecule has 0 heterocycles. The zero-order valence-corrected chi connectivity index (χ0v) is 7.07. The minimum absolute atomic E-state index is 0.659. The molecule has 1 radical (unpaired) electrons. The molecule has 0 atom stereocenters. The van der Waals surface area contributed by atoms with Crippen molar-refractivity contribution in [2.45, 2.75) is 0 Å². The van der Waals surface area contributed by atoms with E-state index in [1.807, 2.05) is 0 Å². The topological polar surface area (TPSA) is 38.7 Å². The second-order valence-electron chi connectivity index (χ2n) is 2.28. The summed E-state index contributed by atoms with van der Waals surface area (Å²) < 4.78 is 9.98. The zero-order chi connectivity index (χ0) is 8.97. The van der Waals surface area contributed by atoms with Gasteiger partial charge in [-0.05, 0) is 17.6 Å². The van der Waals surface area contributed by atoms with Crippen molar-refractivity contribution in [1.82, 2.24) is 0 Å². The second kappa shape index (κ2) is 4.02. The summed E-state index contributed by atoms with van der Waals surface area (Å²) in [6.07, 6.45) is 0. The van der Waals surface area contributed by atoms with Crippen LogP contribution in [0.3, 0.4) is 0 Å². The van der Waals surface area contributed by atoms with E-state index in [4.69, 9.17) is 14.5 Å². The molecule has 0 aromatic heterocycles. The Hall–Kier alpha value is -1.16. The lowest BCUT2D eigenvalue weighted by Crippen LogP contribution is -2.13. The third-order valence-corrected chi connectivity index (χ3v) is 1.52. The normalized spacial score (nSPS) is 9.25. The molecule has 0 fully saturated rings. The van der Waals surface area contributed by atoms with Gasteiger partial charge in [0.15, 0.2) is 0 Å². The lowest BCUT2D eigenvalue weighted by molar-refractivity contribution is 0.395. The molecule has 63 valence electrons. The zero-order valence-electron chi connectivity index (χ0n) is 7.07. The molecule has 0 saturated carbocycles. The summed E-state index contributed by atoms with van der Waals surface area (Å²) in [4.78, 5) is 0. The Kier molecular flexibility index (Phi) is 2.99. The fourth-order valence-electron chi connectivity index (χ4n) is 0.904. The summed E-state index contributed by atoms with van der Waals surface area (Å²) in [6, 6.07) is 5.16. The minimum atomic E-state index is 0.659. The summed E-state index contributed by atoms with van der Waals surface area (Å²) in [5, 5.41) is 8.74. The van der Waals surface area contributed by atoms with Crippen LogP contribution >= 0.6 is 0 Å². The van der Waals surface area contributed by atoms with Gasteiger partial charge in [-0.3, -0.25) is 0 Å². The van der Waals surface area contributed by atoms with E-state index < -0.39 is 0 Å². The predicted octanol–water partition coefficient (Wildman–Crippen LogP) is -0.0594. The van der Waals surface area contributed by atoms with Gasteiger partial charge >= 0.3 is 7.48 Å². The lowest BCUT2D eigenvalue weighted by atomic mass is 9.88.